The zero-order valence-corrected chi connectivity index (χ0v) is 11.6. The lowest BCUT2D eigenvalue weighted by molar-refractivity contribution is 0.103. The Morgan fingerprint density at radius 3 is 2.26 bits per heavy atom. The molecule has 2 rings (SSSR count). The number of ketones is 1. The van der Waals surface area contributed by atoms with Crippen LogP contribution in [0.25, 0.3) is 0 Å². The van der Waals surface area contributed by atoms with Crippen molar-refractivity contribution in [2.75, 3.05) is 5.73 Å². The van der Waals surface area contributed by atoms with Gasteiger partial charge in [0.1, 0.15) is 11.6 Å². The van der Waals surface area contributed by atoms with E-state index in [0.29, 0.717) is 11.3 Å². The Labute approximate surface area is 117 Å². The van der Waals surface area contributed by atoms with Crippen LogP contribution in [-0.4, -0.2) is 5.78 Å². The number of aryl methyl sites for hydroxylation is 1. The molecule has 0 amide bonds. The zero-order valence-electron chi connectivity index (χ0n) is 10.0. The van der Waals surface area contributed by atoms with Gasteiger partial charge in [-0.15, -0.1) is 0 Å². The molecule has 0 fully saturated rings. The van der Waals surface area contributed by atoms with E-state index in [4.69, 9.17) is 5.73 Å². The third kappa shape index (κ3) is 2.66. The fourth-order valence-corrected chi connectivity index (χ4v) is 2.24. The van der Waals surface area contributed by atoms with Gasteiger partial charge in [0.2, 0.25) is 0 Å². The standard InChI is InChI=1S/C14H10BrF2NO/c1-7-4-9(18)2-3-10(7)14(19)13-11(16)5-8(15)6-12(13)17/h2-6H,18H2,1H3. The Morgan fingerprint density at radius 2 is 1.74 bits per heavy atom. The van der Waals surface area contributed by atoms with E-state index in [1.165, 1.54) is 12.1 Å². The summed E-state index contributed by atoms with van der Waals surface area (Å²) in [5, 5.41) is 0. The summed E-state index contributed by atoms with van der Waals surface area (Å²) in [6.45, 7) is 1.66. The predicted molar refractivity (Wildman–Crippen MR) is 73.1 cm³/mol. The van der Waals surface area contributed by atoms with Crippen LogP contribution < -0.4 is 5.73 Å². The molecule has 0 spiro atoms. The maximum Gasteiger partial charge on any atom is 0.199 e. The first-order valence-electron chi connectivity index (χ1n) is 5.45. The lowest BCUT2D eigenvalue weighted by Crippen LogP contribution is -2.09. The Bertz CT molecular complexity index is 647. The average Bonchev–Trinajstić information content (AvgIpc) is 2.26. The monoisotopic (exact) mass is 325 g/mol. The van der Waals surface area contributed by atoms with Crippen LogP contribution >= 0.6 is 15.9 Å². The summed E-state index contributed by atoms with van der Waals surface area (Å²) in [6.07, 6.45) is 0. The fourth-order valence-electron chi connectivity index (χ4n) is 1.84. The first-order valence-corrected chi connectivity index (χ1v) is 6.25. The Morgan fingerprint density at radius 1 is 1.16 bits per heavy atom. The van der Waals surface area contributed by atoms with Gasteiger partial charge in [0.05, 0.1) is 5.56 Å². The van der Waals surface area contributed by atoms with Gasteiger partial charge in [0.15, 0.2) is 5.78 Å². The molecule has 0 atom stereocenters. The number of anilines is 1. The lowest BCUT2D eigenvalue weighted by atomic mass is 9.98. The van der Waals surface area contributed by atoms with Crippen LogP contribution in [0.15, 0.2) is 34.8 Å². The van der Waals surface area contributed by atoms with E-state index in [9.17, 15) is 13.6 Å². The number of carbonyl (C=O) groups excluding carboxylic acids is 1. The highest BCUT2D eigenvalue weighted by Gasteiger charge is 2.21. The molecule has 0 heterocycles. The second-order valence-corrected chi connectivity index (χ2v) is 5.06. The van der Waals surface area contributed by atoms with Crippen LogP contribution in [-0.2, 0) is 0 Å². The van der Waals surface area contributed by atoms with Gasteiger partial charge in [-0.2, -0.15) is 0 Å². The largest absolute Gasteiger partial charge is 0.399 e. The summed E-state index contributed by atoms with van der Waals surface area (Å²) < 4.78 is 27.7. The van der Waals surface area contributed by atoms with Gasteiger partial charge in [0, 0.05) is 15.7 Å². The maximum absolute atomic E-state index is 13.7. The number of hydrogen-bond acceptors (Lipinski definition) is 2. The highest BCUT2D eigenvalue weighted by molar-refractivity contribution is 9.10. The van der Waals surface area contributed by atoms with Crippen molar-refractivity contribution in [2.45, 2.75) is 6.92 Å². The smallest absolute Gasteiger partial charge is 0.199 e. The second-order valence-electron chi connectivity index (χ2n) is 4.15. The Hall–Kier alpha value is -1.75. The van der Waals surface area contributed by atoms with E-state index in [-0.39, 0.29) is 10.0 Å². The van der Waals surface area contributed by atoms with Crippen molar-refractivity contribution in [3.63, 3.8) is 0 Å². The summed E-state index contributed by atoms with van der Waals surface area (Å²) in [7, 11) is 0. The second kappa shape index (κ2) is 5.09. The van der Waals surface area contributed by atoms with Crippen LogP contribution in [0.2, 0.25) is 0 Å². The molecule has 0 radical (unpaired) electrons. The van der Waals surface area contributed by atoms with Gasteiger partial charge < -0.3 is 5.73 Å². The summed E-state index contributed by atoms with van der Waals surface area (Å²) >= 11 is 2.97. The molecule has 2 N–H and O–H groups in total. The molecule has 2 aromatic rings. The molecule has 19 heavy (non-hydrogen) atoms. The lowest BCUT2D eigenvalue weighted by Gasteiger charge is -2.08. The van der Waals surface area contributed by atoms with E-state index >= 15 is 0 Å². The van der Waals surface area contributed by atoms with Crippen molar-refractivity contribution < 1.29 is 13.6 Å². The highest BCUT2D eigenvalue weighted by atomic mass is 79.9. The third-order valence-corrected chi connectivity index (χ3v) is 3.19. The third-order valence-electron chi connectivity index (χ3n) is 2.73. The molecule has 0 aromatic heterocycles. The molecule has 2 nitrogen and oxygen atoms in total. The SMILES string of the molecule is Cc1cc(N)ccc1C(=O)c1c(F)cc(Br)cc1F. The highest BCUT2D eigenvalue weighted by Crippen LogP contribution is 2.24. The molecule has 2 aromatic carbocycles. The molecule has 0 saturated carbocycles. The van der Waals surface area contributed by atoms with E-state index < -0.39 is 23.0 Å². The molecule has 5 heteroatoms. The first kappa shape index (κ1) is 13.7. The van der Waals surface area contributed by atoms with Crippen molar-refractivity contribution in [3.8, 4) is 0 Å². The van der Waals surface area contributed by atoms with Crippen LogP contribution in [0, 0.1) is 18.6 Å². The number of benzene rings is 2. The number of rotatable bonds is 2. The number of nitrogens with two attached hydrogens (primary N) is 1. The van der Waals surface area contributed by atoms with Crippen molar-refractivity contribution in [2.24, 2.45) is 0 Å². The van der Waals surface area contributed by atoms with E-state index in [1.54, 1.807) is 13.0 Å². The quantitative estimate of drug-likeness (QED) is 0.673. The Kier molecular flexibility index (Phi) is 3.66. The maximum atomic E-state index is 13.7. The molecule has 0 aliphatic carbocycles. The molecule has 0 aliphatic heterocycles. The van der Waals surface area contributed by atoms with Gasteiger partial charge in [-0.25, -0.2) is 8.78 Å². The minimum Gasteiger partial charge on any atom is -0.399 e. The number of carbonyl (C=O) groups is 1. The first-order chi connectivity index (χ1) is 8.90. The van der Waals surface area contributed by atoms with Gasteiger partial charge >= 0.3 is 0 Å². The molecular formula is C14H10BrF2NO. The summed E-state index contributed by atoms with van der Waals surface area (Å²) in [6, 6.07) is 6.69. The van der Waals surface area contributed by atoms with Crippen LogP contribution in [0.1, 0.15) is 21.5 Å². The van der Waals surface area contributed by atoms with Gasteiger partial charge in [-0.1, -0.05) is 15.9 Å². The molecule has 98 valence electrons. The Balaban J connectivity index is 2.56. The topological polar surface area (TPSA) is 43.1 Å². The van der Waals surface area contributed by atoms with Crippen molar-refractivity contribution in [1.82, 2.24) is 0 Å². The molecular weight excluding hydrogens is 316 g/mol. The molecule has 0 bridgehead atoms. The number of halogens is 3. The molecule has 0 saturated heterocycles. The zero-order chi connectivity index (χ0) is 14.2. The minimum atomic E-state index is -0.895. The van der Waals surface area contributed by atoms with Crippen molar-refractivity contribution >= 4 is 27.4 Å². The van der Waals surface area contributed by atoms with Crippen LogP contribution in [0.4, 0.5) is 14.5 Å². The normalized spacial score (nSPS) is 10.5. The van der Waals surface area contributed by atoms with Crippen molar-refractivity contribution in [1.29, 1.82) is 0 Å². The summed E-state index contributed by atoms with van der Waals surface area (Å²) in [4.78, 5) is 12.2. The van der Waals surface area contributed by atoms with Crippen LogP contribution in [0.3, 0.4) is 0 Å². The molecule has 0 aliphatic rings. The van der Waals surface area contributed by atoms with E-state index in [1.807, 2.05) is 0 Å². The van der Waals surface area contributed by atoms with E-state index in [0.717, 1.165) is 12.1 Å². The summed E-state index contributed by atoms with van der Waals surface area (Å²) in [5.41, 5.74) is 6.32. The number of hydrogen-bond donors (Lipinski definition) is 1. The predicted octanol–water partition coefficient (Wildman–Crippen LogP) is 3.85. The van der Waals surface area contributed by atoms with Gasteiger partial charge in [-0.05, 0) is 42.8 Å². The summed E-state index contributed by atoms with van der Waals surface area (Å²) in [5.74, 6) is -2.48. The number of nitrogen functional groups attached to an aromatic ring is 1. The minimum absolute atomic E-state index is 0.231. The van der Waals surface area contributed by atoms with Gasteiger partial charge in [-0.3, -0.25) is 4.79 Å². The fraction of sp³-hybridized carbons (Fsp3) is 0.0714. The van der Waals surface area contributed by atoms with Crippen molar-refractivity contribution in [3.05, 3.63) is 63.1 Å². The van der Waals surface area contributed by atoms with E-state index in [2.05, 4.69) is 15.9 Å². The average molecular weight is 326 g/mol. The van der Waals surface area contributed by atoms with Crippen LogP contribution in [0.5, 0.6) is 0 Å². The van der Waals surface area contributed by atoms with Gasteiger partial charge in [0.25, 0.3) is 0 Å². The molecule has 0 unspecified atom stereocenters.